The van der Waals surface area contributed by atoms with Crippen LogP contribution in [0, 0.1) is 0 Å². The molecule has 0 unspecified atom stereocenters. The summed E-state index contributed by atoms with van der Waals surface area (Å²) in [4.78, 5) is 25.2. The Balaban J connectivity index is 1.35. The van der Waals surface area contributed by atoms with Crippen LogP contribution in [-0.4, -0.2) is 36.4 Å². The summed E-state index contributed by atoms with van der Waals surface area (Å²) in [6.45, 7) is 3.66. The summed E-state index contributed by atoms with van der Waals surface area (Å²) in [5.74, 6) is 0.0554. The molecule has 3 aromatic rings. The standard InChI is InChI=1S/C30H27BrCl2N4O5S/c1-3-40-29(39)27-17(2)35-30(43)36-28(27)21-6-4-5-7-24(21)42-16-26(38)37-34-14-18-8-11-25(22(31)12-18)41-15-19-9-10-20(32)13-23(19)33/h4-14,28H,3,15-16H2,1-2H3,(H,37,38)(H2,35,36,43)/t28-/m1/s1. The summed E-state index contributed by atoms with van der Waals surface area (Å²) in [6, 6.07) is 17.0. The first-order valence-corrected chi connectivity index (χ1v) is 15.0. The summed E-state index contributed by atoms with van der Waals surface area (Å²) < 4.78 is 17.6. The van der Waals surface area contributed by atoms with Crippen LogP contribution in [0.4, 0.5) is 0 Å². The number of nitrogens with zero attached hydrogens (tertiary/aromatic N) is 1. The molecule has 1 aliphatic rings. The number of allylic oxidation sites excluding steroid dienone is 1. The van der Waals surface area contributed by atoms with Crippen molar-refractivity contribution < 1.29 is 23.8 Å². The highest BCUT2D eigenvalue weighted by Crippen LogP contribution is 2.34. The lowest BCUT2D eigenvalue weighted by Gasteiger charge is -2.30. The van der Waals surface area contributed by atoms with Gasteiger partial charge in [-0.3, -0.25) is 4.79 Å². The van der Waals surface area contributed by atoms with E-state index in [9.17, 15) is 9.59 Å². The largest absolute Gasteiger partial charge is 0.488 e. The number of hydrogen-bond acceptors (Lipinski definition) is 7. The number of rotatable bonds is 11. The van der Waals surface area contributed by atoms with E-state index >= 15 is 0 Å². The number of halogens is 3. The van der Waals surface area contributed by atoms with E-state index in [1.165, 1.54) is 6.21 Å². The van der Waals surface area contributed by atoms with E-state index in [-0.39, 0.29) is 19.8 Å². The zero-order valence-electron chi connectivity index (χ0n) is 23.1. The lowest BCUT2D eigenvalue weighted by molar-refractivity contribution is -0.139. The number of nitrogens with one attached hydrogen (secondary N) is 3. The number of amides is 1. The van der Waals surface area contributed by atoms with Gasteiger partial charge in [-0.25, -0.2) is 10.2 Å². The molecule has 3 N–H and O–H groups in total. The van der Waals surface area contributed by atoms with Gasteiger partial charge in [-0.15, -0.1) is 0 Å². The van der Waals surface area contributed by atoms with Crippen molar-refractivity contribution in [3.8, 4) is 11.5 Å². The maximum Gasteiger partial charge on any atom is 0.338 e. The van der Waals surface area contributed by atoms with E-state index < -0.39 is 17.9 Å². The highest BCUT2D eigenvalue weighted by molar-refractivity contribution is 9.10. The van der Waals surface area contributed by atoms with Crippen LogP contribution in [0.25, 0.3) is 0 Å². The maximum atomic E-state index is 12.7. The lowest BCUT2D eigenvalue weighted by Crippen LogP contribution is -2.45. The molecule has 0 radical (unpaired) electrons. The van der Waals surface area contributed by atoms with Gasteiger partial charge in [-0.2, -0.15) is 5.10 Å². The average Bonchev–Trinajstić information content (AvgIpc) is 2.96. The quantitative estimate of drug-likeness (QED) is 0.0934. The second kappa shape index (κ2) is 15.2. The highest BCUT2D eigenvalue weighted by Gasteiger charge is 2.32. The normalized spacial score (nSPS) is 14.6. The Morgan fingerprint density at radius 3 is 2.63 bits per heavy atom. The third-order valence-corrected chi connectivity index (χ3v) is 7.54. The molecule has 0 saturated carbocycles. The molecule has 13 heteroatoms. The van der Waals surface area contributed by atoms with Crippen molar-refractivity contribution >= 4 is 74.6 Å². The van der Waals surface area contributed by atoms with Crippen molar-refractivity contribution in [2.75, 3.05) is 13.2 Å². The smallest absolute Gasteiger partial charge is 0.338 e. The number of hydrazone groups is 1. The van der Waals surface area contributed by atoms with Gasteiger partial charge in [0.1, 0.15) is 18.1 Å². The molecule has 224 valence electrons. The van der Waals surface area contributed by atoms with Crippen molar-refractivity contribution in [2.24, 2.45) is 5.10 Å². The molecular formula is C30H27BrCl2N4O5S. The number of carbonyl (C=O) groups excluding carboxylic acids is 2. The van der Waals surface area contributed by atoms with Gasteiger partial charge >= 0.3 is 5.97 Å². The molecule has 1 amide bonds. The molecule has 1 atom stereocenters. The first-order valence-electron chi connectivity index (χ1n) is 13.0. The van der Waals surface area contributed by atoms with Crippen LogP contribution in [0.3, 0.4) is 0 Å². The average molecular weight is 706 g/mol. The predicted molar refractivity (Wildman–Crippen MR) is 174 cm³/mol. The van der Waals surface area contributed by atoms with Crippen LogP contribution in [-0.2, 0) is 20.9 Å². The first-order chi connectivity index (χ1) is 20.7. The summed E-state index contributed by atoms with van der Waals surface area (Å²) in [6.07, 6.45) is 1.50. The molecule has 3 aromatic carbocycles. The monoisotopic (exact) mass is 704 g/mol. The van der Waals surface area contributed by atoms with E-state index in [0.717, 1.165) is 11.1 Å². The number of thiocarbonyl (C=S) groups is 1. The Morgan fingerprint density at radius 1 is 1.09 bits per heavy atom. The number of carbonyl (C=O) groups is 2. The summed E-state index contributed by atoms with van der Waals surface area (Å²) >= 11 is 21.0. The molecule has 43 heavy (non-hydrogen) atoms. The van der Waals surface area contributed by atoms with Gasteiger partial charge in [0.2, 0.25) is 0 Å². The van der Waals surface area contributed by atoms with Crippen molar-refractivity contribution in [2.45, 2.75) is 26.5 Å². The summed E-state index contributed by atoms with van der Waals surface area (Å²) in [5.41, 5.74) is 5.54. The molecule has 1 aliphatic heterocycles. The third kappa shape index (κ3) is 8.70. The van der Waals surface area contributed by atoms with Crippen LogP contribution in [0.2, 0.25) is 10.0 Å². The van der Waals surface area contributed by atoms with Gasteiger partial charge < -0.3 is 24.8 Å². The van der Waals surface area contributed by atoms with Gasteiger partial charge in [0.15, 0.2) is 11.7 Å². The second-order valence-corrected chi connectivity index (χ2v) is 11.2. The molecule has 0 bridgehead atoms. The summed E-state index contributed by atoms with van der Waals surface area (Å²) in [5, 5.41) is 11.5. The third-order valence-electron chi connectivity index (χ3n) is 6.11. The number of hydrogen-bond donors (Lipinski definition) is 3. The topological polar surface area (TPSA) is 110 Å². The Morgan fingerprint density at radius 2 is 1.88 bits per heavy atom. The van der Waals surface area contributed by atoms with E-state index in [2.05, 4.69) is 37.1 Å². The molecule has 9 nitrogen and oxygen atoms in total. The molecule has 0 aliphatic carbocycles. The highest BCUT2D eigenvalue weighted by atomic mass is 79.9. The summed E-state index contributed by atoms with van der Waals surface area (Å²) in [7, 11) is 0. The van der Waals surface area contributed by atoms with Crippen molar-refractivity contribution in [1.82, 2.24) is 16.1 Å². The fraction of sp³-hybridized carbons (Fsp3) is 0.200. The van der Waals surface area contributed by atoms with Crippen LogP contribution in [0.1, 0.15) is 36.6 Å². The Bertz CT molecular complexity index is 1600. The minimum atomic E-state index is -0.626. The van der Waals surface area contributed by atoms with Gasteiger partial charge in [-0.05, 0) is 84.0 Å². The van der Waals surface area contributed by atoms with E-state index in [1.807, 2.05) is 6.07 Å². The number of esters is 1. The van der Waals surface area contributed by atoms with Crippen LogP contribution < -0.4 is 25.5 Å². The molecular weight excluding hydrogens is 679 g/mol. The fourth-order valence-electron chi connectivity index (χ4n) is 4.12. The van der Waals surface area contributed by atoms with Gasteiger partial charge in [0.05, 0.1) is 28.9 Å². The van der Waals surface area contributed by atoms with E-state index in [0.29, 0.717) is 48.0 Å². The van der Waals surface area contributed by atoms with Crippen molar-refractivity contribution in [1.29, 1.82) is 0 Å². The van der Waals surface area contributed by atoms with Gasteiger partial charge in [0, 0.05) is 26.9 Å². The number of ether oxygens (including phenoxy) is 3. The lowest BCUT2D eigenvalue weighted by atomic mass is 9.95. The molecule has 4 rings (SSSR count). The second-order valence-electron chi connectivity index (χ2n) is 9.12. The molecule has 0 aromatic heterocycles. The molecule has 0 spiro atoms. The van der Waals surface area contributed by atoms with E-state index in [4.69, 9.17) is 49.6 Å². The predicted octanol–water partition coefficient (Wildman–Crippen LogP) is 6.22. The number of para-hydroxylation sites is 1. The number of benzene rings is 3. The maximum absolute atomic E-state index is 12.7. The van der Waals surface area contributed by atoms with Crippen molar-refractivity contribution in [3.05, 3.63) is 103 Å². The molecule has 0 saturated heterocycles. The van der Waals surface area contributed by atoms with Crippen LogP contribution >= 0.6 is 51.3 Å². The first kappa shape index (κ1) is 32.3. The minimum Gasteiger partial charge on any atom is -0.488 e. The van der Waals surface area contributed by atoms with Gasteiger partial charge in [0.25, 0.3) is 5.91 Å². The van der Waals surface area contributed by atoms with Crippen LogP contribution in [0.15, 0.2) is 81.5 Å². The zero-order chi connectivity index (χ0) is 30.9. The zero-order valence-corrected chi connectivity index (χ0v) is 27.0. The Hall–Kier alpha value is -3.64. The van der Waals surface area contributed by atoms with Crippen LogP contribution in [0.5, 0.6) is 11.5 Å². The van der Waals surface area contributed by atoms with Crippen molar-refractivity contribution in [3.63, 3.8) is 0 Å². The Kier molecular flexibility index (Phi) is 11.4. The molecule has 0 fully saturated rings. The van der Waals surface area contributed by atoms with Gasteiger partial charge in [-0.1, -0.05) is 47.5 Å². The molecule has 1 heterocycles. The Labute approximate surface area is 272 Å². The van der Waals surface area contributed by atoms with E-state index in [1.54, 1.807) is 68.4 Å². The SMILES string of the molecule is CCOC(=O)C1=C(C)NC(=S)N[C@@H]1c1ccccc1OCC(=O)NN=Cc1ccc(OCc2ccc(Cl)cc2Cl)c(Br)c1. The minimum absolute atomic E-state index is 0.222. The fourth-order valence-corrected chi connectivity index (χ4v) is 5.37.